The van der Waals surface area contributed by atoms with Gasteiger partial charge in [-0.1, -0.05) is 13.0 Å². The standard InChI is InChI=1S/C27H30N8O3/c1-15(2)32-25(37)20-5-4-17(9-30-20)18-8-22-23(19(24(29)36)10-31-35(22)12-18)33-21-13-34(11-16(21)3)26(38)27(14-28)6-7-27/h4-5,8-10,12,15-16,21,33H,6-7,11,13H2,1-3H3,(H2,29,36)(H,32,37)/t16-,21-/m1/s1. The molecular formula is C27H30N8O3. The van der Waals surface area contributed by atoms with Crippen molar-refractivity contribution in [3.63, 3.8) is 0 Å². The van der Waals surface area contributed by atoms with E-state index in [4.69, 9.17) is 5.73 Å². The summed E-state index contributed by atoms with van der Waals surface area (Å²) in [4.78, 5) is 43.5. The van der Waals surface area contributed by atoms with Gasteiger partial charge < -0.3 is 21.3 Å². The lowest BCUT2D eigenvalue weighted by molar-refractivity contribution is -0.134. The number of hydrogen-bond acceptors (Lipinski definition) is 7. The van der Waals surface area contributed by atoms with E-state index in [2.05, 4.69) is 26.8 Å². The topological polar surface area (TPSA) is 159 Å². The molecule has 11 nitrogen and oxygen atoms in total. The second-order valence-corrected chi connectivity index (χ2v) is 10.5. The fraction of sp³-hybridized carbons (Fsp3) is 0.407. The van der Waals surface area contributed by atoms with Crippen LogP contribution in [0.5, 0.6) is 0 Å². The maximum absolute atomic E-state index is 12.9. The van der Waals surface area contributed by atoms with Crippen LogP contribution in [0.1, 0.15) is 54.5 Å². The van der Waals surface area contributed by atoms with Crippen molar-refractivity contribution in [3.05, 3.63) is 48.0 Å². The predicted octanol–water partition coefficient (Wildman–Crippen LogP) is 2.20. The zero-order valence-corrected chi connectivity index (χ0v) is 21.6. The zero-order chi connectivity index (χ0) is 27.2. The number of rotatable bonds is 7. The number of likely N-dealkylation sites (tertiary alicyclic amines) is 1. The number of amides is 3. The third-order valence-electron chi connectivity index (χ3n) is 7.25. The van der Waals surface area contributed by atoms with Crippen LogP contribution in [0.3, 0.4) is 0 Å². The van der Waals surface area contributed by atoms with Crippen LogP contribution in [0.4, 0.5) is 5.69 Å². The number of primary amides is 1. The van der Waals surface area contributed by atoms with Crippen molar-refractivity contribution in [1.82, 2.24) is 24.8 Å². The maximum Gasteiger partial charge on any atom is 0.270 e. The average Bonchev–Trinajstić information content (AvgIpc) is 3.43. The molecule has 1 aliphatic heterocycles. The van der Waals surface area contributed by atoms with Gasteiger partial charge in [0.25, 0.3) is 11.8 Å². The van der Waals surface area contributed by atoms with Crippen LogP contribution in [0.15, 0.2) is 36.8 Å². The van der Waals surface area contributed by atoms with Crippen LogP contribution in [0.25, 0.3) is 16.6 Å². The van der Waals surface area contributed by atoms with E-state index >= 15 is 0 Å². The minimum absolute atomic E-state index is 0.00569. The molecule has 0 radical (unpaired) electrons. The number of carbonyl (C=O) groups excluding carboxylic acids is 3. The van der Waals surface area contributed by atoms with Crippen molar-refractivity contribution in [2.45, 2.75) is 45.7 Å². The van der Waals surface area contributed by atoms with Crippen LogP contribution < -0.4 is 16.4 Å². The summed E-state index contributed by atoms with van der Waals surface area (Å²) >= 11 is 0. The van der Waals surface area contributed by atoms with Crippen LogP contribution in [0.2, 0.25) is 0 Å². The molecule has 0 bridgehead atoms. The molecule has 5 rings (SSSR count). The van der Waals surface area contributed by atoms with Crippen molar-refractivity contribution < 1.29 is 14.4 Å². The summed E-state index contributed by atoms with van der Waals surface area (Å²) in [6, 6.07) is 7.40. The largest absolute Gasteiger partial charge is 0.378 e. The molecule has 1 aliphatic carbocycles. The number of fused-ring (bicyclic) bond motifs is 1. The van der Waals surface area contributed by atoms with Crippen LogP contribution in [-0.2, 0) is 4.79 Å². The normalized spacial score (nSPS) is 19.8. The van der Waals surface area contributed by atoms with Gasteiger partial charge in [-0.2, -0.15) is 10.4 Å². The van der Waals surface area contributed by atoms with E-state index in [1.165, 1.54) is 6.20 Å². The molecule has 3 aromatic rings. The number of nitrogens with one attached hydrogen (secondary N) is 2. The number of pyridine rings is 1. The number of anilines is 1. The first-order valence-electron chi connectivity index (χ1n) is 12.7. The molecule has 1 saturated carbocycles. The highest BCUT2D eigenvalue weighted by Crippen LogP contribution is 2.47. The van der Waals surface area contributed by atoms with Gasteiger partial charge in [0, 0.05) is 48.7 Å². The second kappa shape index (κ2) is 9.45. The summed E-state index contributed by atoms with van der Waals surface area (Å²) < 4.78 is 1.65. The van der Waals surface area contributed by atoms with Crippen molar-refractivity contribution in [1.29, 1.82) is 5.26 Å². The highest BCUT2D eigenvalue weighted by atomic mass is 16.2. The van der Waals surface area contributed by atoms with E-state index in [1.54, 1.807) is 21.7 Å². The lowest BCUT2D eigenvalue weighted by Gasteiger charge is -2.21. The molecule has 4 N–H and O–H groups in total. The summed E-state index contributed by atoms with van der Waals surface area (Å²) in [7, 11) is 0. The molecular weight excluding hydrogens is 484 g/mol. The summed E-state index contributed by atoms with van der Waals surface area (Å²) in [5.41, 5.74) is 8.14. The molecule has 3 aromatic heterocycles. The fourth-order valence-corrected chi connectivity index (χ4v) is 4.90. The third-order valence-corrected chi connectivity index (χ3v) is 7.25. The molecule has 2 fully saturated rings. The van der Waals surface area contributed by atoms with Gasteiger partial charge in [-0.05, 0) is 44.7 Å². The Kier molecular flexibility index (Phi) is 6.26. The third kappa shape index (κ3) is 4.53. The minimum atomic E-state index is -0.869. The number of hydrogen-bond donors (Lipinski definition) is 3. The quantitative estimate of drug-likeness (QED) is 0.436. The van der Waals surface area contributed by atoms with E-state index in [-0.39, 0.29) is 35.4 Å². The number of nitrogens with two attached hydrogens (primary N) is 1. The predicted molar refractivity (Wildman–Crippen MR) is 140 cm³/mol. The van der Waals surface area contributed by atoms with Crippen LogP contribution >= 0.6 is 0 Å². The molecule has 196 valence electrons. The Balaban J connectivity index is 1.43. The summed E-state index contributed by atoms with van der Waals surface area (Å²) in [5, 5.41) is 20.1. The molecule has 38 heavy (non-hydrogen) atoms. The molecule has 0 aromatic carbocycles. The van der Waals surface area contributed by atoms with E-state index in [0.717, 1.165) is 11.1 Å². The van der Waals surface area contributed by atoms with Crippen LogP contribution in [0, 0.1) is 22.7 Å². The summed E-state index contributed by atoms with van der Waals surface area (Å²) in [6.45, 7) is 6.76. The van der Waals surface area contributed by atoms with Crippen molar-refractivity contribution >= 4 is 28.9 Å². The zero-order valence-electron chi connectivity index (χ0n) is 21.6. The molecule has 11 heteroatoms. The van der Waals surface area contributed by atoms with E-state index < -0.39 is 11.3 Å². The number of aromatic nitrogens is 3. The van der Waals surface area contributed by atoms with Gasteiger partial charge in [0.1, 0.15) is 11.1 Å². The molecule has 4 heterocycles. The van der Waals surface area contributed by atoms with E-state index in [0.29, 0.717) is 42.8 Å². The summed E-state index contributed by atoms with van der Waals surface area (Å²) in [5.74, 6) is -0.888. The van der Waals surface area contributed by atoms with Crippen molar-refractivity contribution in [3.8, 4) is 17.2 Å². The van der Waals surface area contributed by atoms with Crippen molar-refractivity contribution in [2.75, 3.05) is 18.4 Å². The molecule has 0 spiro atoms. The van der Waals surface area contributed by atoms with Gasteiger partial charge in [0.15, 0.2) is 0 Å². The SMILES string of the molecule is CC(C)NC(=O)c1ccc(-c2cc3c(N[C@@H]4CN(C(=O)C5(C#N)CC5)C[C@H]4C)c(C(N)=O)cnn3c2)cn1. The molecule has 1 saturated heterocycles. The average molecular weight is 515 g/mol. The maximum atomic E-state index is 12.9. The first-order chi connectivity index (χ1) is 18.1. The molecule has 3 amide bonds. The first-order valence-corrected chi connectivity index (χ1v) is 12.7. The fourth-order valence-electron chi connectivity index (χ4n) is 4.90. The van der Waals surface area contributed by atoms with E-state index in [9.17, 15) is 19.6 Å². The number of nitrogens with zero attached hydrogens (tertiary/aromatic N) is 5. The van der Waals surface area contributed by atoms with Crippen molar-refractivity contribution in [2.24, 2.45) is 17.1 Å². The molecule has 2 atom stereocenters. The summed E-state index contributed by atoms with van der Waals surface area (Å²) in [6.07, 6.45) is 6.07. The number of nitriles is 1. The van der Waals surface area contributed by atoms with Gasteiger partial charge in [-0.25, -0.2) is 4.52 Å². The number of carbonyl (C=O) groups is 3. The Morgan fingerprint density at radius 2 is 1.95 bits per heavy atom. The highest BCUT2D eigenvalue weighted by molar-refractivity contribution is 6.02. The molecule has 0 unspecified atom stereocenters. The Morgan fingerprint density at radius 1 is 1.18 bits per heavy atom. The Bertz CT molecular complexity index is 1470. The van der Waals surface area contributed by atoms with E-state index in [1.807, 2.05) is 39.1 Å². The Hall–Kier alpha value is -4.46. The second-order valence-electron chi connectivity index (χ2n) is 10.5. The molecule has 2 aliphatic rings. The monoisotopic (exact) mass is 514 g/mol. The smallest absolute Gasteiger partial charge is 0.270 e. The van der Waals surface area contributed by atoms with Gasteiger partial charge >= 0.3 is 0 Å². The minimum Gasteiger partial charge on any atom is -0.378 e. The van der Waals surface area contributed by atoms with Crippen LogP contribution in [-0.4, -0.2) is 62.4 Å². The van der Waals surface area contributed by atoms with Gasteiger partial charge in [-0.15, -0.1) is 0 Å². The Morgan fingerprint density at radius 3 is 2.55 bits per heavy atom. The van der Waals surface area contributed by atoms with Gasteiger partial charge in [-0.3, -0.25) is 19.4 Å². The Labute approximate surface area is 220 Å². The first kappa shape index (κ1) is 25.2. The van der Waals surface area contributed by atoms with Gasteiger partial charge in [0.2, 0.25) is 5.91 Å². The lowest BCUT2D eigenvalue weighted by Crippen LogP contribution is -2.36. The highest BCUT2D eigenvalue weighted by Gasteiger charge is 2.54. The van der Waals surface area contributed by atoms with Gasteiger partial charge in [0.05, 0.1) is 29.0 Å². The lowest BCUT2D eigenvalue weighted by atomic mass is 10.1.